The van der Waals surface area contributed by atoms with E-state index >= 15 is 0 Å². The first kappa shape index (κ1) is 16.1. The number of fused-ring (bicyclic) bond motifs is 2. The summed E-state index contributed by atoms with van der Waals surface area (Å²) in [6.45, 7) is 3.79. The van der Waals surface area contributed by atoms with E-state index in [1.165, 1.54) is 6.42 Å². The van der Waals surface area contributed by atoms with E-state index in [0.29, 0.717) is 11.6 Å². The van der Waals surface area contributed by atoms with Crippen LogP contribution in [-0.4, -0.2) is 38.5 Å². The number of guanidine groups is 1. The molecule has 1 unspecified atom stereocenters. The number of piperidine rings is 1. The summed E-state index contributed by atoms with van der Waals surface area (Å²) in [5.41, 5.74) is 2.63. The topological polar surface area (TPSA) is 78.3 Å². The van der Waals surface area contributed by atoms with Gasteiger partial charge in [-0.1, -0.05) is 18.2 Å². The molecular formula is C20H22N6O. The van der Waals surface area contributed by atoms with E-state index in [2.05, 4.69) is 26.3 Å². The van der Waals surface area contributed by atoms with Gasteiger partial charge in [-0.3, -0.25) is 14.7 Å². The van der Waals surface area contributed by atoms with Crippen molar-refractivity contribution in [2.75, 3.05) is 18.4 Å². The Bertz CT molecular complexity index is 1090. The number of aromatic nitrogens is 3. The molecule has 5 rings (SSSR count). The molecule has 2 aromatic heterocycles. The minimum absolute atomic E-state index is 0.0956. The lowest BCUT2D eigenvalue weighted by Gasteiger charge is -2.34. The number of hydrogen-bond donors (Lipinski definition) is 2. The molecule has 1 fully saturated rings. The highest BCUT2D eigenvalue weighted by Gasteiger charge is 2.29. The van der Waals surface area contributed by atoms with Gasteiger partial charge in [0.05, 0.1) is 0 Å². The second-order valence-electron chi connectivity index (χ2n) is 7.22. The molecular weight excluding hydrogens is 340 g/mol. The number of likely N-dealkylation sites (tertiary alicyclic amines) is 1. The highest BCUT2D eigenvalue weighted by atomic mass is 16.1. The molecule has 1 atom stereocenters. The lowest BCUT2D eigenvalue weighted by Crippen LogP contribution is -2.45. The third kappa shape index (κ3) is 2.70. The molecule has 7 heteroatoms. The van der Waals surface area contributed by atoms with Crippen molar-refractivity contribution in [2.45, 2.75) is 32.4 Å². The van der Waals surface area contributed by atoms with Gasteiger partial charge in [-0.25, -0.2) is 9.98 Å². The third-order valence-corrected chi connectivity index (χ3v) is 5.35. The fraction of sp³-hybridized carbons (Fsp3) is 0.350. The van der Waals surface area contributed by atoms with E-state index in [-0.39, 0.29) is 5.56 Å². The van der Waals surface area contributed by atoms with Gasteiger partial charge in [-0.2, -0.15) is 0 Å². The minimum atomic E-state index is -0.435. The molecule has 138 valence electrons. The van der Waals surface area contributed by atoms with Crippen molar-refractivity contribution in [2.24, 2.45) is 4.99 Å². The van der Waals surface area contributed by atoms with Crippen molar-refractivity contribution >= 4 is 22.8 Å². The number of H-pyrrole nitrogens is 1. The zero-order valence-electron chi connectivity index (χ0n) is 15.3. The Hall–Kier alpha value is -3.09. The molecule has 0 bridgehead atoms. The zero-order valence-corrected chi connectivity index (χ0v) is 15.3. The van der Waals surface area contributed by atoms with Crippen molar-refractivity contribution < 1.29 is 0 Å². The summed E-state index contributed by atoms with van der Waals surface area (Å²) in [6, 6.07) is 9.66. The average Bonchev–Trinajstić information content (AvgIpc) is 3.11. The molecule has 0 spiro atoms. The first-order valence-corrected chi connectivity index (χ1v) is 9.47. The number of rotatable bonds is 1. The van der Waals surface area contributed by atoms with Gasteiger partial charge in [-0.05, 0) is 32.3 Å². The minimum Gasteiger partial charge on any atom is -0.361 e. The van der Waals surface area contributed by atoms with E-state index in [9.17, 15) is 4.79 Å². The zero-order chi connectivity index (χ0) is 18.4. The number of benzene rings is 1. The van der Waals surface area contributed by atoms with Gasteiger partial charge in [0, 0.05) is 47.5 Å². The summed E-state index contributed by atoms with van der Waals surface area (Å²) in [7, 11) is 0. The number of nitrogens with zero attached hydrogens (tertiary/aromatic N) is 4. The van der Waals surface area contributed by atoms with Crippen LogP contribution >= 0.6 is 0 Å². The number of aryl methyl sites for hydroxylation is 1. The molecule has 2 aliphatic heterocycles. The average molecular weight is 362 g/mol. The molecule has 1 aromatic carbocycles. The Kier molecular flexibility index (Phi) is 3.74. The quantitative estimate of drug-likeness (QED) is 0.698. The van der Waals surface area contributed by atoms with Gasteiger partial charge in [0.25, 0.3) is 5.56 Å². The van der Waals surface area contributed by atoms with Crippen LogP contribution in [0.2, 0.25) is 0 Å². The predicted molar refractivity (Wildman–Crippen MR) is 106 cm³/mol. The fourth-order valence-corrected chi connectivity index (χ4v) is 4.02. The van der Waals surface area contributed by atoms with Crippen molar-refractivity contribution in [3.05, 3.63) is 58.1 Å². The van der Waals surface area contributed by atoms with Crippen molar-refractivity contribution in [1.82, 2.24) is 19.4 Å². The number of aromatic amines is 1. The Balaban J connectivity index is 1.69. The first-order valence-electron chi connectivity index (χ1n) is 9.47. The first-order chi connectivity index (χ1) is 13.2. The summed E-state index contributed by atoms with van der Waals surface area (Å²) < 4.78 is 1.65. The van der Waals surface area contributed by atoms with E-state index in [0.717, 1.165) is 48.4 Å². The van der Waals surface area contributed by atoms with Crippen LogP contribution in [0.4, 0.5) is 5.95 Å². The van der Waals surface area contributed by atoms with E-state index < -0.39 is 6.17 Å². The van der Waals surface area contributed by atoms with E-state index in [4.69, 9.17) is 4.99 Å². The van der Waals surface area contributed by atoms with Crippen molar-refractivity contribution in [3.63, 3.8) is 0 Å². The molecule has 4 heterocycles. The molecule has 0 aliphatic carbocycles. The second kappa shape index (κ2) is 6.26. The standard InChI is InChI=1S/C20H22N6O/c1-13-11-17(27)26-18(15-12-21-16-8-4-3-7-14(15)16)23-19(24-20(26)22-13)25-9-5-2-6-10-25/h3-4,7-8,11-12,18,21H,2,5-6,9-10H2,1H3,(H,22,23,24). The highest BCUT2D eigenvalue weighted by Crippen LogP contribution is 2.31. The number of anilines is 1. The van der Waals surface area contributed by atoms with Gasteiger partial charge in [-0.15, -0.1) is 0 Å². The number of aliphatic imine (C=N–C) groups is 1. The summed E-state index contributed by atoms with van der Waals surface area (Å²) in [6.07, 6.45) is 5.09. The Morgan fingerprint density at radius 1 is 1.15 bits per heavy atom. The number of nitrogens with one attached hydrogen (secondary N) is 2. The van der Waals surface area contributed by atoms with Crippen LogP contribution in [0.15, 0.2) is 46.3 Å². The molecule has 1 saturated heterocycles. The summed E-state index contributed by atoms with van der Waals surface area (Å²) in [5.74, 6) is 1.37. The molecule has 7 nitrogen and oxygen atoms in total. The van der Waals surface area contributed by atoms with Crippen LogP contribution in [0.1, 0.15) is 36.7 Å². The van der Waals surface area contributed by atoms with Gasteiger partial charge in [0.2, 0.25) is 11.9 Å². The van der Waals surface area contributed by atoms with Crippen molar-refractivity contribution in [1.29, 1.82) is 0 Å². The molecule has 0 amide bonds. The maximum Gasteiger partial charge on any atom is 0.257 e. The highest BCUT2D eigenvalue weighted by molar-refractivity contribution is 5.94. The number of hydrogen-bond acceptors (Lipinski definition) is 5. The van der Waals surface area contributed by atoms with Gasteiger partial charge < -0.3 is 9.88 Å². The molecule has 3 aromatic rings. The molecule has 0 radical (unpaired) electrons. The van der Waals surface area contributed by atoms with Crippen LogP contribution in [0.5, 0.6) is 0 Å². The van der Waals surface area contributed by atoms with Gasteiger partial charge in [0.15, 0.2) is 6.17 Å². The fourth-order valence-electron chi connectivity index (χ4n) is 4.02. The molecule has 2 N–H and O–H groups in total. The Morgan fingerprint density at radius 2 is 1.96 bits per heavy atom. The summed E-state index contributed by atoms with van der Waals surface area (Å²) in [4.78, 5) is 27.9. The lowest BCUT2D eigenvalue weighted by molar-refractivity contribution is 0.336. The van der Waals surface area contributed by atoms with Gasteiger partial charge >= 0.3 is 0 Å². The van der Waals surface area contributed by atoms with Crippen LogP contribution in [0.25, 0.3) is 10.9 Å². The van der Waals surface area contributed by atoms with Crippen molar-refractivity contribution in [3.8, 4) is 0 Å². The van der Waals surface area contributed by atoms with E-state index in [1.807, 2.05) is 31.3 Å². The monoisotopic (exact) mass is 362 g/mol. The molecule has 0 saturated carbocycles. The van der Waals surface area contributed by atoms with Crippen LogP contribution < -0.4 is 10.9 Å². The summed E-state index contributed by atoms with van der Waals surface area (Å²) in [5, 5.41) is 4.38. The number of para-hydroxylation sites is 1. The van der Waals surface area contributed by atoms with E-state index in [1.54, 1.807) is 10.6 Å². The molecule has 2 aliphatic rings. The maximum atomic E-state index is 12.8. The SMILES string of the molecule is Cc1cc(=O)n2c(n1)NC(N1CCCCC1)=NC2c1c[nH]c2ccccc12. The second-order valence-corrected chi connectivity index (χ2v) is 7.22. The Labute approximate surface area is 156 Å². The van der Waals surface area contributed by atoms with Crippen LogP contribution in [-0.2, 0) is 0 Å². The smallest absolute Gasteiger partial charge is 0.257 e. The maximum absolute atomic E-state index is 12.8. The summed E-state index contributed by atoms with van der Waals surface area (Å²) >= 11 is 0. The molecule has 27 heavy (non-hydrogen) atoms. The normalized spacial score (nSPS) is 19.5. The van der Waals surface area contributed by atoms with Crippen LogP contribution in [0.3, 0.4) is 0 Å². The Morgan fingerprint density at radius 3 is 2.81 bits per heavy atom. The third-order valence-electron chi connectivity index (χ3n) is 5.35. The largest absolute Gasteiger partial charge is 0.361 e. The predicted octanol–water partition coefficient (Wildman–Crippen LogP) is 2.85. The van der Waals surface area contributed by atoms with Gasteiger partial charge in [0.1, 0.15) is 0 Å². The van der Waals surface area contributed by atoms with Crippen LogP contribution in [0, 0.1) is 6.92 Å². The lowest BCUT2D eigenvalue weighted by atomic mass is 10.1.